The lowest BCUT2D eigenvalue weighted by atomic mass is 9.92. The van der Waals surface area contributed by atoms with E-state index in [0.717, 1.165) is 17.3 Å². The quantitative estimate of drug-likeness (QED) is 0.906. The van der Waals surface area contributed by atoms with E-state index in [4.69, 9.17) is 10.5 Å². The van der Waals surface area contributed by atoms with Gasteiger partial charge >= 0.3 is 0 Å². The Bertz CT molecular complexity index is 777. The summed E-state index contributed by atoms with van der Waals surface area (Å²) in [5.41, 5.74) is 6.11. The number of fused-ring (bicyclic) bond motifs is 1. The number of hydrogen-bond acceptors (Lipinski definition) is 4. The van der Waals surface area contributed by atoms with Gasteiger partial charge in [-0.25, -0.2) is 0 Å². The highest BCUT2D eigenvalue weighted by Crippen LogP contribution is 2.34. The van der Waals surface area contributed by atoms with Crippen molar-refractivity contribution in [1.82, 2.24) is 9.88 Å². The van der Waals surface area contributed by atoms with Crippen LogP contribution in [0.2, 0.25) is 0 Å². The molecule has 1 aromatic carbocycles. The second-order valence-corrected chi connectivity index (χ2v) is 6.28. The van der Waals surface area contributed by atoms with E-state index in [9.17, 15) is 9.59 Å². The summed E-state index contributed by atoms with van der Waals surface area (Å²) < 4.78 is 5.30. The van der Waals surface area contributed by atoms with E-state index < -0.39 is 11.4 Å². The van der Waals surface area contributed by atoms with Crippen molar-refractivity contribution >= 4 is 22.7 Å². The first-order valence-electron chi connectivity index (χ1n) is 8.00. The molecular weight excluding hydrogens is 306 g/mol. The molecule has 2 heterocycles. The lowest BCUT2D eigenvalue weighted by Gasteiger charge is -2.37. The van der Waals surface area contributed by atoms with Gasteiger partial charge in [0.15, 0.2) is 0 Å². The van der Waals surface area contributed by atoms with Crippen molar-refractivity contribution in [2.45, 2.75) is 24.8 Å². The van der Waals surface area contributed by atoms with E-state index in [1.54, 1.807) is 18.2 Å². The molecule has 0 saturated carbocycles. The number of methoxy groups -OCH3 is 1. The predicted octanol–water partition coefficient (Wildman–Crippen LogP) is 1.73. The van der Waals surface area contributed by atoms with Crippen LogP contribution in [0.25, 0.3) is 10.9 Å². The molecule has 2 aromatic rings. The summed E-state index contributed by atoms with van der Waals surface area (Å²) in [5, 5.41) is 0.912. The zero-order valence-corrected chi connectivity index (χ0v) is 13.7. The number of likely N-dealkylation sites (tertiary alicyclic amines) is 1. The third-order valence-electron chi connectivity index (χ3n) is 4.60. The van der Waals surface area contributed by atoms with E-state index >= 15 is 0 Å². The van der Waals surface area contributed by atoms with E-state index in [1.807, 2.05) is 30.3 Å². The molecule has 0 spiro atoms. The van der Waals surface area contributed by atoms with Crippen molar-refractivity contribution in [3.63, 3.8) is 0 Å². The molecule has 126 valence electrons. The molecule has 0 bridgehead atoms. The maximum atomic E-state index is 13.0. The molecule has 6 heteroatoms. The molecule has 1 aliphatic heterocycles. The largest absolute Gasteiger partial charge is 0.382 e. The van der Waals surface area contributed by atoms with Crippen molar-refractivity contribution < 1.29 is 14.3 Å². The number of primary amides is 1. The molecule has 1 aromatic heterocycles. The molecule has 6 nitrogen and oxygen atoms in total. The zero-order chi connectivity index (χ0) is 17.2. The number of carbonyl (C=O) groups is 2. The Morgan fingerprint density at radius 1 is 1.38 bits per heavy atom. The average molecular weight is 327 g/mol. The minimum Gasteiger partial charge on any atom is -0.382 e. The number of nitrogens with zero attached hydrogens (tertiary/aromatic N) is 2. The molecule has 1 atom stereocenters. The van der Waals surface area contributed by atoms with Crippen LogP contribution in [0.4, 0.5) is 0 Å². The molecule has 0 aliphatic carbocycles. The number of rotatable bonds is 5. The fraction of sp³-hybridized carbons (Fsp3) is 0.389. The lowest BCUT2D eigenvalue weighted by Crippen LogP contribution is -2.52. The smallest absolute Gasteiger partial charge is 0.255 e. The Hall–Kier alpha value is -2.47. The number of nitrogens with two attached hydrogens (primary N) is 1. The highest BCUT2D eigenvalue weighted by molar-refractivity contribution is 5.98. The molecule has 1 aliphatic rings. The highest BCUT2D eigenvalue weighted by Gasteiger charge is 2.45. The van der Waals surface area contributed by atoms with Crippen LogP contribution >= 0.6 is 0 Å². The van der Waals surface area contributed by atoms with Gasteiger partial charge < -0.3 is 15.4 Å². The molecule has 1 unspecified atom stereocenters. The first kappa shape index (κ1) is 16.4. The van der Waals surface area contributed by atoms with Gasteiger partial charge in [-0.1, -0.05) is 18.2 Å². The number of hydrogen-bond donors (Lipinski definition) is 1. The maximum Gasteiger partial charge on any atom is 0.255 e. The van der Waals surface area contributed by atoms with Crippen molar-refractivity contribution in [2.75, 3.05) is 20.3 Å². The van der Waals surface area contributed by atoms with Gasteiger partial charge in [0.05, 0.1) is 29.6 Å². The Morgan fingerprint density at radius 2 is 2.17 bits per heavy atom. The van der Waals surface area contributed by atoms with Crippen LogP contribution in [0.3, 0.4) is 0 Å². The van der Waals surface area contributed by atoms with E-state index in [0.29, 0.717) is 25.1 Å². The van der Waals surface area contributed by atoms with Gasteiger partial charge in [-0.15, -0.1) is 0 Å². The number of benzene rings is 1. The van der Waals surface area contributed by atoms with Crippen LogP contribution in [0, 0.1) is 0 Å². The van der Waals surface area contributed by atoms with Crippen LogP contribution < -0.4 is 5.73 Å². The summed E-state index contributed by atoms with van der Waals surface area (Å²) in [5.74, 6) is -0.563. The van der Waals surface area contributed by atoms with Gasteiger partial charge in [-0.2, -0.15) is 0 Å². The fourth-order valence-electron chi connectivity index (χ4n) is 3.58. The third-order valence-corrected chi connectivity index (χ3v) is 4.60. The maximum absolute atomic E-state index is 13.0. The Kier molecular flexibility index (Phi) is 4.49. The molecule has 2 N–H and O–H groups in total. The van der Waals surface area contributed by atoms with Gasteiger partial charge in [0.1, 0.15) is 0 Å². The Balaban J connectivity index is 1.94. The summed E-state index contributed by atoms with van der Waals surface area (Å²) in [7, 11) is 1.57. The lowest BCUT2D eigenvalue weighted by molar-refractivity contribution is -0.121. The van der Waals surface area contributed by atoms with E-state index in [-0.39, 0.29) is 12.3 Å². The van der Waals surface area contributed by atoms with Crippen LogP contribution in [0.5, 0.6) is 0 Å². The number of ether oxygens (including phenoxy) is 1. The first-order chi connectivity index (χ1) is 11.6. The van der Waals surface area contributed by atoms with Crippen molar-refractivity contribution in [3.8, 4) is 0 Å². The summed E-state index contributed by atoms with van der Waals surface area (Å²) >= 11 is 0. The molecule has 3 rings (SSSR count). The monoisotopic (exact) mass is 327 g/mol. The van der Waals surface area contributed by atoms with Crippen molar-refractivity contribution in [1.29, 1.82) is 0 Å². The molecule has 2 amide bonds. The van der Waals surface area contributed by atoms with Crippen LogP contribution in [-0.4, -0.2) is 47.5 Å². The van der Waals surface area contributed by atoms with Gasteiger partial charge in [-0.05, 0) is 25.0 Å². The molecule has 1 saturated heterocycles. The summed E-state index contributed by atoms with van der Waals surface area (Å²) in [4.78, 5) is 30.7. The number of aromatic nitrogens is 1. The highest BCUT2D eigenvalue weighted by atomic mass is 16.5. The molecule has 0 radical (unpaired) electrons. The van der Waals surface area contributed by atoms with Crippen LogP contribution in [0.1, 0.15) is 29.6 Å². The summed E-state index contributed by atoms with van der Waals surface area (Å²) in [6.45, 7) is 0.880. The average Bonchev–Trinajstić information content (AvgIpc) is 2.96. The van der Waals surface area contributed by atoms with E-state index in [2.05, 4.69) is 4.98 Å². The second-order valence-electron chi connectivity index (χ2n) is 6.28. The minimum atomic E-state index is -0.663. The zero-order valence-electron chi connectivity index (χ0n) is 13.7. The number of carbonyl (C=O) groups excluding carboxylic acids is 2. The molecule has 1 fully saturated rings. The van der Waals surface area contributed by atoms with Crippen LogP contribution in [-0.2, 0) is 9.53 Å². The van der Waals surface area contributed by atoms with Crippen LogP contribution in [0.15, 0.2) is 36.5 Å². The SMILES string of the molecule is COCC1(CC(N)=O)CCCN1C(=O)c1cnc2ccccc2c1. The minimum absolute atomic E-state index is 0.105. The molecular formula is C18H21N3O3. The number of amides is 2. The van der Waals surface area contributed by atoms with Gasteiger partial charge in [0.2, 0.25) is 5.91 Å². The van der Waals surface area contributed by atoms with Gasteiger partial charge in [-0.3, -0.25) is 14.6 Å². The van der Waals surface area contributed by atoms with Gasteiger partial charge in [0.25, 0.3) is 5.91 Å². The van der Waals surface area contributed by atoms with Crippen molar-refractivity contribution in [3.05, 3.63) is 42.1 Å². The fourth-order valence-corrected chi connectivity index (χ4v) is 3.58. The number of para-hydroxylation sites is 1. The van der Waals surface area contributed by atoms with Gasteiger partial charge in [0, 0.05) is 25.2 Å². The third kappa shape index (κ3) is 2.97. The second kappa shape index (κ2) is 6.57. The summed E-state index contributed by atoms with van der Waals surface area (Å²) in [6.07, 6.45) is 3.22. The van der Waals surface area contributed by atoms with Crippen molar-refractivity contribution in [2.24, 2.45) is 5.73 Å². The Morgan fingerprint density at radius 3 is 2.92 bits per heavy atom. The summed E-state index contributed by atoms with van der Waals surface area (Å²) in [6, 6.07) is 9.49. The topological polar surface area (TPSA) is 85.5 Å². The first-order valence-corrected chi connectivity index (χ1v) is 8.00. The normalized spacial score (nSPS) is 20.5. The number of pyridine rings is 1. The Labute approximate surface area is 140 Å². The molecule has 24 heavy (non-hydrogen) atoms. The van der Waals surface area contributed by atoms with E-state index in [1.165, 1.54) is 0 Å². The predicted molar refractivity (Wildman–Crippen MR) is 90.4 cm³/mol. The standard InChI is InChI=1S/C18H21N3O3/c1-24-12-18(10-16(19)22)7-4-8-21(18)17(23)14-9-13-5-2-3-6-15(13)20-11-14/h2-3,5-6,9,11H,4,7-8,10,12H2,1H3,(H2,19,22).